The van der Waals surface area contributed by atoms with Gasteiger partial charge in [0.1, 0.15) is 0 Å². The van der Waals surface area contributed by atoms with Gasteiger partial charge in [0.15, 0.2) is 0 Å². The quantitative estimate of drug-likeness (QED) is 0.795. The average molecular weight is 227 g/mol. The molecule has 1 aliphatic heterocycles. The van der Waals surface area contributed by atoms with E-state index in [1.807, 2.05) is 0 Å². The molecule has 1 N–H and O–H groups in total. The summed E-state index contributed by atoms with van der Waals surface area (Å²) >= 11 is 0. The van der Waals surface area contributed by atoms with Gasteiger partial charge in [-0.15, -0.1) is 0 Å². The molecule has 3 heteroatoms. The summed E-state index contributed by atoms with van der Waals surface area (Å²) in [6.07, 6.45) is 7.48. The van der Waals surface area contributed by atoms with Crippen molar-refractivity contribution in [2.24, 2.45) is 0 Å². The van der Waals surface area contributed by atoms with Crippen molar-refractivity contribution in [1.82, 2.24) is 4.90 Å². The number of hydrogen-bond donors (Lipinski definition) is 1. The molecule has 2 aliphatic rings. The number of likely N-dealkylation sites (N-methyl/N-ethyl adjacent to an activating group) is 1. The Labute approximate surface area is 98.8 Å². The first-order chi connectivity index (χ1) is 7.79. The number of aliphatic hydroxyl groups is 1. The standard InChI is InChI=1S/C13H25NO2/c1-2-14(8-9-15)12-5-10-16-13(11-12)6-3-4-7-13/h12,15H,2-11H2,1H3. The molecular weight excluding hydrogens is 202 g/mol. The van der Waals surface area contributed by atoms with E-state index < -0.39 is 0 Å². The first kappa shape index (κ1) is 12.3. The molecule has 0 aromatic heterocycles. The summed E-state index contributed by atoms with van der Waals surface area (Å²) in [6, 6.07) is 0.629. The molecule has 1 unspecified atom stereocenters. The fraction of sp³-hybridized carbons (Fsp3) is 1.00. The minimum Gasteiger partial charge on any atom is -0.395 e. The zero-order valence-electron chi connectivity index (χ0n) is 10.5. The Morgan fingerprint density at radius 3 is 2.75 bits per heavy atom. The maximum atomic E-state index is 9.08. The van der Waals surface area contributed by atoms with Crippen LogP contribution < -0.4 is 0 Å². The van der Waals surface area contributed by atoms with Gasteiger partial charge < -0.3 is 9.84 Å². The van der Waals surface area contributed by atoms with Crippen molar-refractivity contribution in [2.45, 2.75) is 57.1 Å². The van der Waals surface area contributed by atoms with Crippen LogP contribution in [0.3, 0.4) is 0 Å². The van der Waals surface area contributed by atoms with E-state index in [0.717, 1.165) is 26.1 Å². The molecule has 2 fully saturated rings. The summed E-state index contributed by atoms with van der Waals surface area (Å²) in [4.78, 5) is 2.42. The Kier molecular flexibility index (Phi) is 4.22. The smallest absolute Gasteiger partial charge is 0.0697 e. The lowest BCUT2D eigenvalue weighted by Gasteiger charge is -2.42. The first-order valence-electron chi connectivity index (χ1n) is 6.78. The molecule has 16 heavy (non-hydrogen) atoms. The van der Waals surface area contributed by atoms with Gasteiger partial charge in [-0.3, -0.25) is 4.90 Å². The molecule has 94 valence electrons. The van der Waals surface area contributed by atoms with Gasteiger partial charge in [0, 0.05) is 19.2 Å². The highest BCUT2D eigenvalue weighted by atomic mass is 16.5. The Bertz CT molecular complexity index is 214. The molecule has 3 nitrogen and oxygen atoms in total. The maximum absolute atomic E-state index is 9.08. The van der Waals surface area contributed by atoms with Crippen LogP contribution in [0.2, 0.25) is 0 Å². The lowest BCUT2D eigenvalue weighted by atomic mass is 9.88. The number of rotatable bonds is 4. The normalized spacial score (nSPS) is 29.1. The van der Waals surface area contributed by atoms with Gasteiger partial charge in [0.25, 0.3) is 0 Å². The van der Waals surface area contributed by atoms with Crippen LogP contribution in [0.4, 0.5) is 0 Å². The third kappa shape index (κ3) is 2.58. The van der Waals surface area contributed by atoms with Crippen molar-refractivity contribution in [2.75, 3.05) is 26.3 Å². The Hall–Kier alpha value is -0.120. The summed E-state index contributed by atoms with van der Waals surface area (Å²) < 4.78 is 6.04. The van der Waals surface area contributed by atoms with Crippen molar-refractivity contribution in [3.8, 4) is 0 Å². The fourth-order valence-electron chi connectivity index (χ4n) is 3.41. The minimum absolute atomic E-state index is 0.200. The van der Waals surface area contributed by atoms with E-state index in [1.54, 1.807) is 0 Å². The molecule has 0 radical (unpaired) electrons. The van der Waals surface area contributed by atoms with Gasteiger partial charge in [-0.05, 0) is 32.2 Å². The second-order valence-corrected chi connectivity index (χ2v) is 5.24. The summed E-state index contributed by atoms with van der Waals surface area (Å²) in [5.41, 5.74) is 0.200. The van der Waals surface area contributed by atoms with Crippen molar-refractivity contribution in [3.63, 3.8) is 0 Å². The van der Waals surface area contributed by atoms with Crippen molar-refractivity contribution in [3.05, 3.63) is 0 Å². The van der Waals surface area contributed by atoms with E-state index in [2.05, 4.69) is 11.8 Å². The van der Waals surface area contributed by atoms with E-state index in [1.165, 1.54) is 32.1 Å². The molecule has 1 aliphatic carbocycles. The minimum atomic E-state index is 0.200. The van der Waals surface area contributed by atoms with Crippen molar-refractivity contribution >= 4 is 0 Å². The van der Waals surface area contributed by atoms with E-state index in [9.17, 15) is 0 Å². The summed E-state index contributed by atoms with van der Waals surface area (Å²) in [5, 5.41) is 9.08. The number of ether oxygens (including phenoxy) is 1. The highest BCUT2D eigenvalue weighted by Crippen LogP contribution is 2.41. The van der Waals surface area contributed by atoms with Crippen LogP contribution in [0.1, 0.15) is 45.4 Å². The monoisotopic (exact) mass is 227 g/mol. The van der Waals surface area contributed by atoms with Crippen LogP contribution >= 0.6 is 0 Å². The van der Waals surface area contributed by atoms with Crippen LogP contribution in [0, 0.1) is 0 Å². The predicted molar refractivity (Wildman–Crippen MR) is 64.5 cm³/mol. The van der Waals surface area contributed by atoms with Gasteiger partial charge in [-0.1, -0.05) is 19.8 Å². The SMILES string of the molecule is CCN(CCO)C1CCOC2(CCCC2)C1. The molecule has 1 saturated heterocycles. The number of hydrogen-bond acceptors (Lipinski definition) is 3. The van der Waals surface area contributed by atoms with Crippen molar-refractivity contribution < 1.29 is 9.84 Å². The van der Waals surface area contributed by atoms with Crippen LogP contribution in [-0.2, 0) is 4.74 Å². The number of nitrogens with zero attached hydrogens (tertiary/aromatic N) is 1. The van der Waals surface area contributed by atoms with E-state index >= 15 is 0 Å². The molecule has 0 bridgehead atoms. The third-order valence-corrected chi connectivity index (χ3v) is 4.29. The highest BCUT2D eigenvalue weighted by molar-refractivity contribution is 4.94. The van der Waals surface area contributed by atoms with E-state index in [-0.39, 0.29) is 12.2 Å². The number of aliphatic hydroxyl groups excluding tert-OH is 1. The second kappa shape index (κ2) is 5.48. The van der Waals surface area contributed by atoms with E-state index in [4.69, 9.17) is 9.84 Å². The maximum Gasteiger partial charge on any atom is 0.0697 e. The first-order valence-corrected chi connectivity index (χ1v) is 6.78. The van der Waals surface area contributed by atoms with E-state index in [0.29, 0.717) is 6.04 Å². The van der Waals surface area contributed by atoms with Crippen LogP contribution in [0.5, 0.6) is 0 Å². The second-order valence-electron chi connectivity index (χ2n) is 5.24. The van der Waals surface area contributed by atoms with Crippen molar-refractivity contribution in [1.29, 1.82) is 0 Å². The lowest BCUT2D eigenvalue weighted by molar-refractivity contribution is -0.102. The molecule has 1 atom stereocenters. The molecule has 0 aromatic rings. The Balaban J connectivity index is 1.94. The van der Waals surface area contributed by atoms with Crippen LogP contribution in [-0.4, -0.2) is 48.0 Å². The molecule has 0 aromatic carbocycles. The molecule has 1 heterocycles. The zero-order valence-corrected chi connectivity index (χ0v) is 10.5. The molecule has 0 amide bonds. The summed E-state index contributed by atoms with van der Waals surface area (Å²) in [7, 11) is 0. The molecule has 1 saturated carbocycles. The highest BCUT2D eigenvalue weighted by Gasteiger charge is 2.41. The average Bonchev–Trinajstić information content (AvgIpc) is 2.74. The van der Waals surface area contributed by atoms with Gasteiger partial charge in [-0.25, -0.2) is 0 Å². The molecular formula is C13H25NO2. The molecule has 2 rings (SSSR count). The van der Waals surface area contributed by atoms with Gasteiger partial charge in [0.05, 0.1) is 12.2 Å². The predicted octanol–water partition coefficient (Wildman–Crippen LogP) is 1.79. The summed E-state index contributed by atoms with van der Waals surface area (Å²) in [5.74, 6) is 0. The topological polar surface area (TPSA) is 32.7 Å². The van der Waals surface area contributed by atoms with Gasteiger partial charge in [0.2, 0.25) is 0 Å². The largest absolute Gasteiger partial charge is 0.395 e. The fourth-order valence-corrected chi connectivity index (χ4v) is 3.41. The third-order valence-electron chi connectivity index (χ3n) is 4.29. The summed E-state index contributed by atoms with van der Waals surface area (Å²) in [6.45, 7) is 5.23. The Morgan fingerprint density at radius 1 is 1.38 bits per heavy atom. The lowest BCUT2D eigenvalue weighted by Crippen LogP contribution is -2.48. The van der Waals surface area contributed by atoms with Gasteiger partial charge in [-0.2, -0.15) is 0 Å². The Morgan fingerprint density at radius 2 is 2.12 bits per heavy atom. The van der Waals surface area contributed by atoms with Gasteiger partial charge >= 0.3 is 0 Å². The zero-order chi connectivity index (χ0) is 11.4. The van der Waals surface area contributed by atoms with Crippen LogP contribution in [0.15, 0.2) is 0 Å². The van der Waals surface area contributed by atoms with Crippen LogP contribution in [0.25, 0.3) is 0 Å². The molecule has 1 spiro atoms.